The number of amides is 1. The Kier molecular flexibility index (Phi) is 6.77. The third-order valence-corrected chi connectivity index (χ3v) is 7.34. The number of piperazine rings is 1. The van der Waals surface area contributed by atoms with E-state index in [2.05, 4.69) is 9.80 Å². The lowest BCUT2D eigenvalue weighted by Gasteiger charge is -2.46. The highest BCUT2D eigenvalue weighted by Gasteiger charge is 2.36. The first-order chi connectivity index (χ1) is 16.0. The molecular weight excluding hydrogens is 468 g/mol. The summed E-state index contributed by atoms with van der Waals surface area (Å²) >= 11 is 12.6. The highest BCUT2D eigenvalue weighted by molar-refractivity contribution is 6.36. The van der Waals surface area contributed by atoms with Gasteiger partial charge < -0.3 is 19.3 Å². The first-order valence-corrected chi connectivity index (χ1v) is 12.0. The number of hydrogen-bond donors (Lipinski definition) is 0. The van der Waals surface area contributed by atoms with Gasteiger partial charge in [-0.05, 0) is 29.8 Å². The fourth-order valence-electron chi connectivity index (χ4n) is 4.79. The van der Waals surface area contributed by atoms with Gasteiger partial charge in [0.15, 0.2) is 0 Å². The molecule has 3 heterocycles. The lowest BCUT2D eigenvalue weighted by Crippen LogP contribution is -2.59. The molecule has 3 fully saturated rings. The van der Waals surface area contributed by atoms with E-state index in [1.807, 2.05) is 17.0 Å². The van der Waals surface area contributed by atoms with Crippen LogP contribution in [-0.2, 0) is 9.47 Å². The predicted octanol–water partition coefficient (Wildman–Crippen LogP) is 3.87. The molecule has 3 aliphatic rings. The molecule has 0 N–H and O–H groups in total. The minimum Gasteiger partial charge on any atom is -0.378 e. The van der Waals surface area contributed by atoms with Gasteiger partial charge in [0.05, 0.1) is 53.3 Å². The standard InChI is InChI=1S/C24H26Cl2FN3O3/c25-19-12-16(4-5-20(19)27)22-14-29-6-7-30(13-17(29)15-33-22)24(31)18-2-1-3-21(23(18)26)28-8-10-32-11-9-28/h1-5,12,17,22H,6-11,13-15H2/t17-,22-/m0/s1. The number of fused-ring (bicyclic) bond motifs is 1. The fraction of sp³-hybridized carbons (Fsp3) is 0.458. The Morgan fingerprint density at radius 3 is 2.64 bits per heavy atom. The van der Waals surface area contributed by atoms with Gasteiger partial charge in [-0.1, -0.05) is 35.3 Å². The highest BCUT2D eigenvalue weighted by Crippen LogP contribution is 2.33. The summed E-state index contributed by atoms with van der Waals surface area (Å²) in [6.45, 7) is 5.94. The normalized spacial score (nSPS) is 24.0. The van der Waals surface area contributed by atoms with Gasteiger partial charge in [0.1, 0.15) is 5.82 Å². The maximum Gasteiger partial charge on any atom is 0.255 e. The van der Waals surface area contributed by atoms with Gasteiger partial charge in [-0.3, -0.25) is 9.69 Å². The zero-order chi connectivity index (χ0) is 22.9. The molecule has 33 heavy (non-hydrogen) atoms. The van der Waals surface area contributed by atoms with Crippen LogP contribution < -0.4 is 4.90 Å². The van der Waals surface area contributed by atoms with Crippen LogP contribution in [0.3, 0.4) is 0 Å². The van der Waals surface area contributed by atoms with Gasteiger partial charge in [-0.25, -0.2) is 4.39 Å². The Hall–Kier alpha value is -1.90. The third-order valence-electron chi connectivity index (χ3n) is 6.66. The van der Waals surface area contributed by atoms with E-state index in [1.165, 1.54) is 6.07 Å². The molecule has 6 nitrogen and oxygen atoms in total. The minimum absolute atomic E-state index is 0.0535. The molecule has 5 rings (SSSR count). The smallest absolute Gasteiger partial charge is 0.255 e. The molecule has 2 atom stereocenters. The second-order valence-corrected chi connectivity index (χ2v) is 9.42. The van der Waals surface area contributed by atoms with Crippen molar-refractivity contribution < 1.29 is 18.7 Å². The maximum absolute atomic E-state index is 13.5. The monoisotopic (exact) mass is 493 g/mol. The van der Waals surface area contributed by atoms with Crippen molar-refractivity contribution in [1.29, 1.82) is 0 Å². The molecular formula is C24H26Cl2FN3O3. The average Bonchev–Trinajstić information content (AvgIpc) is 2.85. The van der Waals surface area contributed by atoms with Crippen LogP contribution in [-0.4, -0.2) is 80.8 Å². The molecule has 0 radical (unpaired) electrons. The van der Waals surface area contributed by atoms with Crippen LogP contribution in [0.15, 0.2) is 36.4 Å². The predicted molar refractivity (Wildman–Crippen MR) is 126 cm³/mol. The Labute approximate surface area is 202 Å². The maximum atomic E-state index is 13.5. The Balaban J connectivity index is 1.25. The summed E-state index contributed by atoms with van der Waals surface area (Å²) in [7, 11) is 0. The van der Waals surface area contributed by atoms with Crippen molar-refractivity contribution in [2.45, 2.75) is 12.1 Å². The molecule has 0 bridgehead atoms. The largest absolute Gasteiger partial charge is 0.378 e. The van der Waals surface area contributed by atoms with E-state index >= 15 is 0 Å². The molecule has 3 aliphatic heterocycles. The molecule has 2 aromatic carbocycles. The number of carbonyl (C=O) groups is 1. The number of anilines is 1. The van der Waals surface area contributed by atoms with E-state index in [9.17, 15) is 9.18 Å². The van der Waals surface area contributed by atoms with Gasteiger partial charge in [-0.15, -0.1) is 0 Å². The number of hydrogen-bond acceptors (Lipinski definition) is 5. The SMILES string of the molecule is O=C(c1cccc(N2CCOCC2)c1Cl)N1CCN2C[C@@H](c3ccc(F)c(Cl)c3)OC[C@@H]2C1. The molecule has 1 amide bonds. The fourth-order valence-corrected chi connectivity index (χ4v) is 5.30. The number of nitrogens with zero attached hydrogens (tertiary/aromatic N) is 3. The van der Waals surface area contributed by atoms with E-state index in [0.717, 1.165) is 30.9 Å². The second-order valence-electron chi connectivity index (χ2n) is 8.63. The summed E-state index contributed by atoms with van der Waals surface area (Å²) in [6, 6.07) is 10.5. The number of rotatable bonds is 3. The first kappa shape index (κ1) is 22.9. The van der Waals surface area contributed by atoms with E-state index in [0.29, 0.717) is 50.0 Å². The van der Waals surface area contributed by atoms with Gasteiger partial charge in [-0.2, -0.15) is 0 Å². The minimum atomic E-state index is -0.433. The van der Waals surface area contributed by atoms with Crippen molar-refractivity contribution in [3.63, 3.8) is 0 Å². The van der Waals surface area contributed by atoms with Crippen molar-refractivity contribution in [3.05, 3.63) is 63.4 Å². The molecule has 176 valence electrons. The van der Waals surface area contributed by atoms with Crippen LogP contribution in [0.5, 0.6) is 0 Å². The summed E-state index contributed by atoms with van der Waals surface area (Å²) in [5, 5.41) is 0.602. The van der Waals surface area contributed by atoms with Gasteiger partial charge in [0.2, 0.25) is 0 Å². The summed E-state index contributed by atoms with van der Waals surface area (Å²) < 4.78 is 25.0. The van der Waals surface area contributed by atoms with Crippen LogP contribution in [0, 0.1) is 5.82 Å². The summed E-state index contributed by atoms with van der Waals surface area (Å²) in [5.74, 6) is -0.486. The molecule has 9 heteroatoms. The summed E-state index contributed by atoms with van der Waals surface area (Å²) in [6.07, 6.45) is -0.166. The highest BCUT2D eigenvalue weighted by atomic mass is 35.5. The quantitative estimate of drug-likeness (QED) is 0.649. The third kappa shape index (κ3) is 4.70. The number of carbonyl (C=O) groups excluding carboxylic acids is 1. The summed E-state index contributed by atoms with van der Waals surface area (Å²) in [4.78, 5) is 19.7. The van der Waals surface area contributed by atoms with Crippen LogP contribution in [0.25, 0.3) is 0 Å². The van der Waals surface area contributed by atoms with E-state index in [4.69, 9.17) is 32.7 Å². The number of benzene rings is 2. The van der Waals surface area contributed by atoms with E-state index in [-0.39, 0.29) is 23.1 Å². The van der Waals surface area contributed by atoms with Crippen LogP contribution in [0.4, 0.5) is 10.1 Å². The van der Waals surface area contributed by atoms with Crippen molar-refractivity contribution in [1.82, 2.24) is 9.80 Å². The van der Waals surface area contributed by atoms with Gasteiger partial charge in [0, 0.05) is 39.3 Å². The topological polar surface area (TPSA) is 45.2 Å². The molecule has 0 aliphatic carbocycles. The molecule has 0 spiro atoms. The van der Waals surface area contributed by atoms with Crippen molar-refractivity contribution in [2.24, 2.45) is 0 Å². The second kappa shape index (κ2) is 9.76. The first-order valence-electron chi connectivity index (χ1n) is 11.2. The Bertz CT molecular complexity index is 1030. The van der Waals surface area contributed by atoms with Crippen LogP contribution in [0.2, 0.25) is 10.0 Å². The molecule has 0 saturated carbocycles. The molecule has 0 unspecified atom stereocenters. The van der Waals surface area contributed by atoms with Gasteiger partial charge in [0.25, 0.3) is 5.91 Å². The van der Waals surface area contributed by atoms with Crippen molar-refractivity contribution in [3.8, 4) is 0 Å². The Morgan fingerprint density at radius 2 is 1.85 bits per heavy atom. The zero-order valence-corrected chi connectivity index (χ0v) is 19.7. The van der Waals surface area contributed by atoms with Crippen LogP contribution >= 0.6 is 23.2 Å². The lowest BCUT2D eigenvalue weighted by molar-refractivity contribution is -0.0858. The van der Waals surface area contributed by atoms with E-state index < -0.39 is 5.82 Å². The van der Waals surface area contributed by atoms with Crippen molar-refractivity contribution >= 4 is 34.8 Å². The lowest BCUT2D eigenvalue weighted by atomic mass is 10.0. The molecule has 2 aromatic rings. The number of halogens is 3. The number of ether oxygens (including phenoxy) is 2. The van der Waals surface area contributed by atoms with Crippen LogP contribution in [0.1, 0.15) is 22.0 Å². The summed E-state index contributed by atoms with van der Waals surface area (Å²) in [5.41, 5.74) is 2.28. The van der Waals surface area contributed by atoms with Gasteiger partial charge >= 0.3 is 0 Å². The Morgan fingerprint density at radius 1 is 1.03 bits per heavy atom. The van der Waals surface area contributed by atoms with E-state index in [1.54, 1.807) is 18.2 Å². The average molecular weight is 494 g/mol. The molecule has 3 saturated heterocycles. The zero-order valence-electron chi connectivity index (χ0n) is 18.2. The molecule has 0 aromatic heterocycles. The number of morpholine rings is 2. The van der Waals surface area contributed by atoms with Crippen molar-refractivity contribution in [2.75, 3.05) is 64.0 Å².